The Morgan fingerprint density at radius 3 is 2.68 bits per heavy atom. The summed E-state index contributed by atoms with van der Waals surface area (Å²) in [6.07, 6.45) is 4.81. The number of anilines is 2. The number of hydrogen-bond donors (Lipinski definition) is 0. The molecule has 0 bridgehead atoms. The molecule has 0 aliphatic rings. The lowest BCUT2D eigenvalue weighted by Gasteiger charge is -2.24. The van der Waals surface area contributed by atoms with Gasteiger partial charge >= 0.3 is 0 Å². The summed E-state index contributed by atoms with van der Waals surface area (Å²) in [7, 11) is 0. The molecule has 0 aliphatic heterocycles. The van der Waals surface area contributed by atoms with Crippen molar-refractivity contribution in [3.63, 3.8) is 0 Å². The van der Waals surface area contributed by atoms with E-state index >= 15 is 0 Å². The molecule has 3 rings (SSSR count). The second kappa shape index (κ2) is 5.41. The smallest absolute Gasteiger partial charge is 0.0441 e. The van der Waals surface area contributed by atoms with Gasteiger partial charge in [-0.25, -0.2) is 0 Å². The summed E-state index contributed by atoms with van der Waals surface area (Å²) in [5, 5.41) is 3.46. The summed E-state index contributed by atoms with van der Waals surface area (Å²) < 4.78 is 1.34. The van der Waals surface area contributed by atoms with Crippen molar-refractivity contribution in [3.05, 3.63) is 54.2 Å². The topological polar surface area (TPSA) is 16.1 Å². The molecule has 0 unspecified atom stereocenters. The summed E-state index contributed by atoms with van der Waals surface area (Å²) in [5.41, 5.74) is 2.45. The minimum absolute atomic E-state index is 1.01. The summed E-state index contributed by atoms with van der Waals surface area (Å²) >= 11 is 1.79. The van der Waals surface area contributed by atoms with Crippen LogP contribution in [0.4, 0.5) is 11.4 Å². The van der Waals surface area contributed by atoms with Crippen LogP contribution in [0.3, 0.4) is 0 Å². The molecule has 0 saturated heterocycles. The highest BCUT2D eigenvalue weighted by atomic mass is 32.1. The Labute approximate surface area is 117 Å². The number of thiophene rings is 1. The lowest BCUT2D eigenvalue weighted by Crippen LogP contribution is -2.17. The van der Waals surface area contributed by atoms with Gasteiger partial charge in [-0.05, 0) is 53.6 Å². The summed E-state index contributed by atoms with van der Waals surface area (Å²) in [6.45, 7) is 3.22. The van der Waals surface area contributed by atoms with Crippen molar-refractivity contribution < 1.29 is 0 Å². The number of benzene rings is 1. The van der Waals surface area contributed by atoms with Crippen molar-refractivity contribution in [2.24, 2.45) is 0 Å². The minimum Gasteiger partial charge on any atom is -0.341 e. The van der Waals surface area contributed by atoms with Gasteiger partial charge in [-0.2, -0.15) is 0 Å². The van der Waals surface area contributed by atoms with E-state index in [0.29, 0.717) is 0 Å². The molecule has 0 amide bonds. The van der Waals surface area contributed by atoms with Crippen LogP contribution in [0.2, 0.25) is 0 Å². The van der Waals surface area contributed by atoms with Crippen LogP contribution >= 0.6 is 11.3 Å². The van der Waals surface area contributed by atoms with Gasteiger partial charge in [0.05, 0.1) is 0 Å². The first-order valence-corrected chi connectivity index (χ1v) is 7.41. The van der Waals surface area contributed by atoms with E-state index in [1.165, 1.54) is 21.5 Å². The van der Waals surface area contributed by atoms with Gasteiger partial charge in [0.15, 0.2) is 0 Å². The maximum Gasteiger partial charge on any atom is 0.0441 e. The molecule has 19 heavy (non-hydrogen) atoms. The van der Waals surface area contributed by atoms with Gasteiger partial charge in [0, 0.05) is 35.0 Å². The van der Waals surface area contributed by atoms with Crippen molar-refractivity contribution in [1.29, 1.82) is 0 Å². The van der Waals surface area contributed by atoms with E-state index in [1.54, 1.807) is 11.3 Å². The lowest BCUT2D eigenvalue weighted by atomic mass is 10.2. The first-order valence-electron chi connectivity index (χ1n) is 6.53. The van der Waals surface area contributed by atoms with Crippen LogP contribution in [0.1, 0.15) is 13.3 Å². The number of hydrogen-bond acceptors (Lipinski definition) is 3. The van der Waals surface area contributed by atoms with Crippen molar-refractivity contribution >= 4 is 32.8 Å². The average molecular weight is 268 g/mol. The van der Waals surface area contributed by atoms with Crippen LogP contribution in [0.15, 0.2) is 54.2 Å². The monoisotopic (exact) mass is 268 g/mol. The van der Waals surface area contributed by atoms with Gasteiger partial charge in [0.2, 0.25) is 0 Å². The molecule has 0 atom stereocenters. The summed E-state index contributed by atoms with van der Waals surface area (Å²) in [5.74, 6) is 0. The maximum atomic E-state index is 4.10. The van der Waals surface area contributed by atoms with Gasteiger partial charge < -0.3 is 4.90 Å². The number of aromatic nitrogens is 1. The summed E-state index contributed by atoms with van der Waals surface area (Å²) in [4.78, 5) is 6.44. The second-order valence-electron chi connectivity index (χ2n) is 4.50. The molecule has 1 aromatic carbocycles. The van der Waals surface area contributed by atoms with Gasteiger partial charge in [-0.1, -0.05) is 6.92 Å². The Hall–Kier alpha value is -1.87. The van der Waals surface area contributed by atoms with Gasteiger partial charge in [0.1, 0.15) is 0 Å². The Bertz CT molecular complexity index is 661. The zero-order valence-corrected chi connectivity index (χ0v) is 11.7. The summed E-state index contributed by atoms with van der Waals surface area (Å²) in [6, 6.07) is 13.0. The van der Waals surface area contributed by atoms with E-state index in [2.05, 4.69) is 58.6 Å². The molecule has 0 N–H and O–H groups in total. The van der Waals surface area contributed by atoms with Gasteiger partial charge in [-0.15, -0.1) is 11.3 Å². The molecule has 0 fully saturated rings. The average Bonchev–Trinajstić information content (AvgIpc) is 2.93. The van der Waals surface area contributed by atoms with Crippen molar-refractivity contribution in [3.8, 4) is 0 Å². The predicted molar refractivity (Wildman–Crippen MR) is 83.4 cm³/mol. The molecule has 96 valence electrons. The fraction of sp³-hybridized carbons (Fsp3) is 0.188. The molecular formula is C16H16N2S. The van der Waals surface area contributed by atoms with Crippen molar-refractivity contribution in [1.82, 2.24) is 4.98 Å². The molecule has 3 aromatic rings. The third-order valence-corrected chi connectivity index (χ3v) is 4.07. The Morgan fingerprint density at radius 2 is 1.89 bits per heavy atom. The molecule has 0 saturated carbocycles. The van der Waals surface area contributed by atoms with Crippen LogP contribution in [0.5, 0.6) is 0 Å². The Morgan fingerprint density at radius 1 is 1.05 bits per heavy atom. The normalized spacial score (nSPS) is 10.8. The van der Waals surface area contributed by atoms with E-state index in [0.717, 1.165) is 13.0 Å². The van der Waals surface area contributed by atoms with Crippen LogP contribution in [-0.4, -0.2) is 11.5 Å². The van der Waals surface area contributed by atoms with Crippen molar-refractivity contribution in [2.45, 2.75) is 13.3 Å². The molecular weight excluding hydrogens is 252 g/mol. The molecule has 2 nitrogen and oxygen atoms in total. The van der Waals surface area contributed by atoms with Crippen LogP contribution < -0.4 is 4.90 Å². The number of pyridine rings is 1. The molecule has 0 radical (unpaired) electrons. The lowest BCUT2D eigenvalue weighted by molar-refractivity contribution is 0.885. The fourth-order valence-electron chi connectivity index (χ4n) is 2.28. The second-order valence-corrected chi connectivity index (χ2v) is 5.45. The van der Waals surface area contributed by atoms with E-state index in [9.17, 15) is 0 Å². The first kappa shape index (κ1) is 12.2. The van der Waals surface area contributed by atoms with E-state index < -0.39 is 0 Å². The highest BCUT2D eigenvalue weighted by molar-refractivity contribution is 7.17. The minimum atomic E-state index is 1.01. The van der Waals surface area contributed by atoms with Crippen LogP contribution in [0.25, 0.3) is 10.1 Å². The van der Waals surface area contributed by atoms with Crippen molar-refractivity contribution in [2.75, 3.05) is 11.4 Å². The predicted octanol–water partition coefficient (Wildman–Crippen LogP) is 4.84. The fourth-order valence-corrected chi connectivity index (χ4v) is 3.05. The largest absolute Gasteiger partial charge is 0.341 e. The zero-order chi connectivity index (χ0) is 13.1. The molecule has 0 aliphatic carbocycles. The third-order valence-electron chi connectivity index (χ3n) is 3.17. The van der Waals surface area contributed by atoms with E-state index in [4.69, 9.17) is 0 Å². The van der Waals surface area contributed by atoms with Gasteiger partial charge in [-0.3, -0.25) is 4.98 Å². The molecule has 0 spiro atoms. The number of rotatable bonds is 4. The van der Waals surface area contributed by atoms with Gasteiger partial charge in [0.25, 0.3) is 0 Å². The quantitative estimate of drug-likeness (QED) is 0.672. The SMILES string of the molecule is CCCN(c1ccncc1)c1ccc2sccc2c1. The van der Waals surface area contributed by atoms with E-state index in [1.807, 2.05) is 12.4 Å². The standard InChI is InChI=1S/C16H16N2S/c1-2-10-18(14-5-8-17-9-6-14)15-3-4-16-13(12-15)7-11-19-16/h3-9,11-12H,2,10H2,1H3. The molecule has 3 heteroatoms. The Kier molecular flexibility index (Phi) is 3.47. The van der Waals surface area contributed by atoms with Crippen LogP contribution in [-0.2, 0) is 0 Å². The number of fused-ring (bicyclic) bond motifs is 1. The highest BCUT2D eigenvalue weighted by Gasteiger charge is 2.09. The number of nitrogens with zero attached hydrogens (tertiary/aromatic N) is 2. The van der Waals surface area contributed by atoms with Crippen LogP contribution in [0, 0.1) is 0 Å². The maximum absolute atomic E-state index is 4.10. The third kappa shape index (κ3) is 2.47. The first-order chi connectivity index (χ1) is 9.38. The molecule has 2 aromatic heterocycles. The highest BCUT2D eigenvalue weighted by Crippen LogP contribution is 2.30. The van der Waals surface area contributed by atoms with E-state index in [-0.39, 0.29) is 0 Å². The molecule has 2 heterocycles. The zero-order valence-electron chi connectivity index (χ0n) is 10.9. The Balaban J connectivity index is 2.03.